The van der Waals surface area contributed by atoms with E-state index in [0.717, 1.165) is 36.4 Å². The van der Waals surface area contributed by atoms with E-state index < -0.39 is 0 Å². The number of likely N-dealkylation sites (tertiary alicyclic amines) is 1. The van der Waals surface area contributed by atoms with Crippen LogP contribution >= 0.6 is 0 Å². The number of aromatic nitrogens is 5. The topological polar surface area (TPSA) is 89.4 Å². The molecule has 1 amide bonds. The zero-order chi connectivity index (χ0) is 20.5. The van der Waals surface area contributed by atoms with Crippen LogP contribution in [0.3, 0.4) is 0 Å². The van der Waals surface area contributed by atoms with Crippen molar-refractivity contribution in [3.63, 3.8) is 0 Å². The fourth-order valence-corrected chi connectivity index (χ4v) is 3.95. The van der Waals surface area contributed by atoms with Gasteiger partial charge in [-0.2, -0.15) is 4.98 Å². The van der Waals surface area contributed by atoms with E-state index in [0.29, 0.717) is 24.6 Å². The molecule has 0 bridgehead atoms. The van der Waals surface area contributed by atoms with Gasteiger partial charge in [0.1, 0.15) is 0 Å². The van der Waals surface area contributed by atoms with E-state index in [9.17, 15) is 4.79 Å². The number of carbonyl (C=O) groups excluding carboxylic acids is 1. The third kappa shape index (κ3) is 3.45. The minimum absolute atomic E-state index is 0.0549. The highest BCUT2D eigenvalue weighted by atomic mass is 16.5. The van der Waals surface area contributed by atoms with Crippen LogP contribution in [0.25, 0.3) is 17.0 Å². The third-order valence-electron chi connectivity index (χ3n) is 5.54. The van der Waals surface area contributed by atoms with Gasteiger partial charge in [0.25, 0.3) is 0 Å². The summed E-state index contributed by atoms with van der Waals surface area (Å²) in [6.07, 6.45) is 4.52. The molecule has 1 aliphatic rings. The molecular formula is C22H22N6O2. The molecule has 4 aromatic rings. The molecule has 1 unspecified atom stereocenters. The Morgan fingerprint density at radius 1 is 1.17 bits per heavy atom. The van der Waals surface area contributed by atoms with Gasteiger partial charge >= 0.3 is 0 Å². The van der Waals surface area contributed by atoms with Crippen LogP contribution in [0.15, 0.2) is 53.2 Å². The van der Waals surface area contributed by atoms with Crippen LogP contribution in [0.4, 0.5) is 0 Å². The van der Waals surface area contributed by atoms with Gasteiger partial charge in [-0.05, 0) is 31.9 Å². The van der Waals surface area contributed by atoms with Crippen molar-refractivity contribution in [1.29, 1.82) is 0 Å². The lowest BCUT2D eigenvalue weighted by molar-refractivity contribution is -0.132. The van der Waals surface area contributed by atoms with Crippen molar-refractivity contribution in [2.75, 3.05) is 6.54 Å². The smallest absolute Gasteiger partial charge is 0.227 e. The normalized spacial score (nSPS) is 16.4. The minimum Gasteiger partial charge on any atom is -0.339 e. The lowest BCUT2D eigenvalue weighted by Crippen LogP contribution is -2.31. The molecular weight excluding hydrogens is 380 g/mol. The summed E-state index contributed by atoms with van der Waals surface area (Å²) in [5, 5.41) is 12.6. The number of carbonyl (C=O) groups is 1. The van der Waals surface area contributed by atoms with Crippen molar-refractivity contribution in [3.05, 3.63) is 65.9 Å². The molecule has 8 nitrogen and oxygen atoms in total. The molecule has 1 aromatic carbocycles. The molecule has 1 aliphatic heterocycles. The first-order valence-corrected chi connectivity index (χ1v) is 10.2. The summed E-state index contributed by atoms with van der Waals surface area (Å²) < 4.78 is 7.32. The first-order valence-electron chi connectivity index (χ1n) is 10.2. The van der Waals surface area contributed by atoms with Crippen molar-refractivity contribution in [3.8, 4) is 11.4 Å². The van der Waals surface area contributed by atoms with Crippen molar-refractivity contribution in [2.24, 2.45) is 0 Å². The van der Waals surface area contributed by atoms with E-state index in [1.807, 2.05) is 64.9 Å². The molecule has 4 heterocycles. The number of pyridine rings is 1. The lowest BCUT2D eigenvalue weighted by atomic mass is 10.1. The van der Waals surface area contributed by atoms with Gasteiger partial charge in [0, 0.05) is 31.1 Å². The highest BCUT2D eigenvalue weighted by Gasteiger charge is 2.33. The molecule has 30 heavy (non-hydrogen) atoms. The Morgan fingerprint density at radius 3 is 2.90 bits per heavy atom. The number of hydrogen-bond acceptors (Lipinski definition) is 6. The quantitative estimate of drug-likeness (QED) is 0.508. The largest absolute Gasteiger partial charge is 0.339 e. The van der Waals surface area contributed by atoms with Crippen LogP contribution in [0, 0.1) is 6.92 Å². The van der Waals surface area contributed by atoms with Crippen LogP contribution in [0.1, 0.15) is 42.6 Å². The van der Waals surface area contributed by atoms with E-state index in [2.05, 4.69) is 20.3 Å². The summed E-state index contributed by atoms with van der Waals surface area (Å²) >= 11 is 0. The summed E-state index contributed by atoms with van der Waals surface area (Å²) in [6, 6.07) is 13.7. The third-order valence-corrected chi connectivity index (χ3v) is 5.54. The van der Waals surface area contributed by atoms with Crippen LogP contribution < -0.4 is 0 Å². The zero-order valence-electron chi connectivity index (χ0n) is 16.7. The Morgan fingerprint density at radius 2 is 2.03 bits per heavy atom. The van der Waals surface area contributed by atoms with Crippen LogP contribution in [0.5, 0.6) is 0 Å². The second-order valence-corrected chi connectivity index (χ2v) is 7.61. The molecule has 0 spiro atoms. The molecule has 5 rings (SSSR count). The van der Waals surface area contributed by atoms with Crippen molar-refractivity contribution < 1.29 is 9.32 Å². The van der Waals surface area contributed by atoms with Gasteiger partial charge in [0.2, 0.25) is 17.6 Å². The second kappa shape index (κ2) is 7.70. The van der Waals surface area contributed by atoms with Gasteiger partial charge in [-0.3, -0.25) is 9.20 Å². The Bertz CT molecular complexity index is 1180. The Labute approximate surface area is 173 Å². The van der Waals surface area contributed by atoms with E-state index in [1.54, 1.807) is 0 Å². The second-order valence-electron chi connectivity index (χ2n) is 7.61. The molecule has 0 radical (unpaired) electrons. The van der Waals surface area contributed by atoms with E-state index in [1.165, 1.54) is 5.56 Å². The lowest BCUT2D eigenvalue weighted by Gasteiger charge is -2.23. The van der Waals surface area contributed by atoms with Crippen molar-refractivity contribution >= 4 is 11.6 Å². The SMILES string of the molecule is Cc1ccc(-c2noc(CCC(=O)N3CCCC3c3nnc4ccccn34)n2)cc1. The number of aryl methyl sites for hydroxylation is 2. The zero-order valence-corrected chi connectivity index (χ0v) is 16.7. The molecule has 8 heteroatoms. The Balaban J connectivity index is 1.27. The molecule has 152 valence electrons. The van der Waals surface area contributed by atoms with Gasteiger partial charge in [0.05, 0.1) is 6.04 Å². The number of hydrogen-bond donors (Lipinski definition) is 0. The highest BCUT2D eigenvalue weighted by molar-refractivity contribution is 5.77. The molecule has 1 atom stereocenters. The van der Waals surface area contributed by atoms with Gasteiger partial charge in [0.15, 0.2) is 11.5 Å². The number of nitrogens with zero attached hydrogens (tertiary/aromatic N) is 6. The van der Waals surface area contributed by atoms with Gasteiger partial charge in [-0.1, -0.05) is 41.1 Å². The predicted molar refractivity (Wildman–Crippen MR) is 109 cm³/mol. The molecule has 1 fully saturated rings. The summed E-state index contributed by atoms with van der Waals surface area (Å²) in [4.78, 5) is 19.3. The summed E-state index contributed by atoms with van der Waals surface area (Å²) in [5.74, 6) is 1.91. The fourth-order valence-electron chi connectivity index (χ4n) is 3.95. The molecule has 1 saturated heterocycles. The van der Waals surface area contributed by atoms with E-state index in [4.69, 9.17) is 4.52 Å². The maximum absolute atomic E-state index is 13.0. The molecule has 0 saturated carbocycles. The molecule has 3 aromatic heterocycles. The Kier molecular flexibility index (Phi) is 4.74. The fraction of sp³-hybridized carbons (Fsp3) is 0.318. The predicted octanol–water partition coefficient (Wildman–Crippen LogP) is 3.38. The highest BCUT2D eigenvalue weighted by Crippen LogP contribution is 2.31. The van der Waals surface area contributed by atoms with Crippen LogP contribution in [-0.2, 0) is 11.2 Å². The number of benzene rings is 1. The number of fused-ring (bicyclic) bond motifs is 1. The molecule has 0 aliphatic carbocycles. The van der Waals surface area contributed by atoms with Gasteiger partial charge in [-0.15, -0.1) is 10.2 Å². The van der Waals surface area contributed by atoms with Crippen molar-refractivity contribution in [1.82, 2.24) is 29.6 Å². The van der Waals surface area contributed by atoms with Crippen LogP contribution in [0.2, 0.25) is 0 Å². The van der Waals surface area contributed by atoms with E-state index in [-0.39, 0.29) is 11.9 Å². The average molecular weight is 402 g/mol. The number of rotatable bonds is 5. The average Bonchev–Trinajstić information content (AvgIpc) is 3.51. The standard InChI is InChI=1S/C22H22N6O2/c1-15-7-9-16(10-8-15)21-23-19(30-26-21)11-12-20(29)27-14-4-5-17(27)22-25-24-18-6-2-3-13-28(18)22/h2-3,6-10,13,17H,4-5,11-12,14H2,1H3. The van der Waals surface area contributed by atoms with Gasteiger partial charge < -0.3 is 9.42 Å². The maximum Gasteiger partial charge on any atom is 0.227 e. The summed E-state index contributed by atoms with van der Waals surface area (Å²) in [7, 11) is 0. The maximum atomic E-state index is 13.0. The monoisotopic (exact) mass is 402 g/mol. The van der Waals surface area contributed by atoms with Crippen molar-refractivity contribution in [2.45, 2.75) is 38.6 Å². The minimum atomic E-state index is -0.0549. The number of amides is 1. The molecule has 0 N–H and O–H groups in total. The summed E-state index contributed by atoms with van der Waals surface area (Å²) in [5.41, 5.74) is 2.87. The first kappa shape index (κ1) is 18.5. The van der Waals surface area contributed by atoms with Gasteiger partial charge in [-0.25, -0.2) is 0 Å². The van der Waals surface area contributed by atoms with E-state index >= 15 is 0 Å². The van der Waals surface area contributed by atoms with Crippen LogP contribution in [-0.4, -0.2) is 42.1 Å². The first-order chi connectivity index (χ1) is 14.7. The Hall–Kier alpha value is -3.55. The summed E-state index contributed by atoms with van der Waals surface area (Å²) in [6.45, 7) is 2.76.